The molecule has 0 radical (unpaired) electrons. The maximum atomic E-state index is 10.2. The topological polar surface area (TPSA) is 96.7 Å². The zero-order chi connectivity index (χ0) is 10.6. The lowest BCUT2D eigenvalue weighted by atomic mass is 9.79. The molecule has 0 bridgehead atoms. The van der Waals surface area contributed by atoms with Gasteiger partial charge in [0.25, 0.3) is 0 Å². The molecule has 1 aliphatic rings. The second-order valence-electron chi connectivity index (χ2n) is 4.27. The Morgan fingerprint density at radius 3 is 3.00 bits per heavy atom. The SMILES string of the molecule is CC1CCCC(O)(CN=C(N)NN)C1. The molecule has 0 saturated heterocycles. The van der Waals surface area contributed by atoms with Crippen LogP contribution in [-0.4, -0.2) is 23.2 Å². The van der Waals surface area contributed by atoms with Crippen LogP contribution in [-0.2, 0) is 0 Å². The zero-order valence-corrected chi connectivity index (χ0v) is 8.66. The highest BCUT2D eigenvalue weighted by Gasteiger charge is 2.32. The Hall–Kier alpha value is -0.810. The molecule has 1 rings (SSSR count). The highest BCUT2D eigenvalue weighted by atomic mass is 16.3. The van der Waals surface area contributed by atoms with Gasteiger partial charge in [-0.3, -0.25) is 5.43 Å². The van der Waals surface area contributed by atoms with E-state index < -0.39 is 5.60 Å². The summed E-state index contributed by atoms with van der Waals surface area (Å²) in [6.45, 7) is 2.49. The molecule has 1 aliphatic carbocycles. The molecule has 0 aromatic rings. The number of nitrogens with two attached hydrogens (primary N) is 2. The number of nitrogens with zero attached hydrogens (tertiary/aromatic N) is 1. The summed E-state index contributed by atoms with van der Waals surface area (Å²) in [7, 11) is 0. The molecule has 5 heteroatoms. The summed E-state index contributed by atoms with van der Waals surface area (Å²) in [6, 6.07) is 0. The first kappa shape index (κ1) is 11.3. The normalized spacial score (nSPS) is 34.2. The van der Waals surface area contributed by atoms with Crippen molar-refractivity contribution >= 4 is 5.96 Å². The van der Waals surface area contributed by atoms with Crippen LogP contribution in [0.4, 0.5) is 0 Å². The predicted molar refractivity (Wildman–Crippen MR) is 56.4 cm³/mol. The van der Waals surface area contributed by atoms with Gasteiger partial charge in [0, 0.05) is 0 Å². The number of hydrogen-bond donors (Lipinski definition) is 4. The van der Waals surface area contributed by atoms with Crippen LogP contribution in [0.3, 0.4) is 0 Å². The van der Waals surface area contributed by atoms with Gasteiger partial charge < -0.3 is 10.8 Å². The lowest BCUT2D eigenvalue weighted by Gasteiger charge is -2.34. The minimum atomic E-state index is -0.681. The van der Waals surface area contributed by atoms with E-state index in [1.165, 1.54) is 6.42 Å². The van der Waals surface area contributed by atoms with Crippen molar-refractivity contribution in [2.45, 2.75) is 38.2 Å². The molecule has 82 valence electrons. The van der Waals surface area contributed by atoms with Crippen molar-refractivity contribution in [2.75, 3.05) is 6.54 Å². The zero-order valence-electron chi connectivity index (χ0n) is 8.66. The lowest BCUT2D eigenvalue weighted by Crippen LogP contribution is -2.41. The summed E-state index contributed by atoms with van der Waals surface area (Å²) in [5.74, 6) is 5.81. The first-order valence-electron chi connectivity index (χ1n) is 5.05. The summed E-state index contributed by atoms with van der Waals surface area (Å²) < 4.78 is 0. The van der Waals surface area contributed by atoms with E-state index in [0.717, 1.165) is 19.3 Å². The van der Waals surface area contributed by atoms with Crippen LogP contribution >= 0.6 is 0 Å². The Morgan fingerprint density at radius 1 is 1.71 bits per heavy atom. The van der Waals surface area contributed by atoms with Crippen LogP contribution in [0, 0.1) is 5.92 Å². The van der Waals surface area contributed by atoms with E-state index in [0.29, 0.717) is 12.5 Å². The molecular weight excluding hydrogens is 180 g/mol. The van der Waals surface area contributed by atoms with E-state index in [2.05, 4.69) is 17.3 Å². The molecular formula is C9H20N4O. The number of rotatable bonds is 2. The molecule has 0 spiro atoms. The second-order valence-corrected chi connectivity index (χ2v) is 4.27. The smallest absolute Gasteiger partial charge is 0.203 e. The standard InChI is InChI=1S/C9H20N4O/c1-7-3-2-4-9(14,5-7)6-12-8(10)13-11/h7,14H,2-6,11H2,1H3,(H3,10,12,13). The van der Waals surface area contributed by atoms with Gasteiger partial charge in [0.1, 0.15) is 0 Å². The predicted octanol–water partition coefficient (Wildman–Crippen LogP) is -0.294. The monoisotopic (exact) mass is 200 g/mol. The fourth-order valence-corrected chi connectivity index (χ4v) is 2.05. The van der Waals surface area contributed by atoms with Crippen LogP contribution in [0.2, 0.25) is 0 Å². The Bertz CT molecular complexity index is 219. The number of hydrogen-bond acceptors (Lipinski definition) is 3. The molecule has 1 saturated carbocycles. The Balaban J connectivity index is 2.48. The molecule has 0 aromatic carbocycles. The van der Waals surface area contributed by atoms with Crippen molar-refractivity contribution in [1.82, 2.24) is 5.43 Å². The maximum Gasteiger partial charge on any atom is 0.203 e. The van der Waals surface area contributed by atoms with Crippen molar-refractivity contribution in [3.63, 3.8) is 0 Å². The summed E-state index contributed by atoms with van der Waals surface area (Å²) in [5.41, 5.74) is 6.95. The molecule has 5 nitrogen and oxygen atoms in total. The summed E-state index contributed by atoms with van der Waals surface area (Å²) >= 11 is 0. The molecule has 2 atom stereocenters. The Morgan fingerprint density at radius 2 is 2.43 bits per heavy atom. The average molecular weight is 200 g/mol. The van der Waals surface area contributed by atoms with E-state index in [-0.39, 0.29) is 5.96 Å². The fourth-order valence-electron chi connectivity index (χ4n) is 2.05. The van der Waals surface area contributed by atoms with Crippen molar-refractivity contribution in [1.29, 1.82) is 0 Å². The van der Waals surface area contributed by atoms with Gasteiger partial charge in [0.05, 0.1) is 12.1 Å². The highest BCUT2D eigenvalue weighted by molar-refractivity contribution is 5.77. The van der Waals surface area contributed by atoms with Gasteiger partial charge in [0.2, 0.25) is 5.96 Å². The largest absolute Gasteiger partial charge is 0.388 e. The third-order valence-electron chi connectivity index (χ3n) is 2.76. The van der Waals surface area contributed by atoms with Crippen LogP contribution in [0.1, 0.15) is 32.6 Å². The quantitative estimate of drug-likeness (QED) is 0.213. The van der Waals surface area contributed by atoms with Gasteiger partial charge in [-0.15, -0.1) is 0 Å². The van der Waals surface area contributed by atoms with Crippen LogP contribution in [0.15, 0.2) is 4.99 Å². The third kappa shape index (κ3) is 3.16. The molecule has 0 aliphatic heterocycles. The number of nitrogens with one attached hydrogen (secondary N) is 1. The summed E-state index contributed by atoms with van der Waals surface area (Å²) in [6.07, 6.45) is 3.85. The van der Waals surface area contributed by atoms with E-state index in [1.807, 2.05) is 0 Å². The minimum Gasteiger partial charge on any atom is -0.388 e. The molecule has 1 fully saturated rings. The Labute approximate surface area is 84.5 Å². The maximum absolute atomic E-state index is 10.2. The molecule has 0 heterocycles. The van der Waals surface area contributed by atoms with E-state index in [4.69, 9.17) is 11.6 Å². The molecule has 0 aromatic heterocycles. The molecule has 2 unspecified atom stereocenters. The van der Waals surface area contributed by atoms with Crippen LogP contribution in [0.5, 0.6) is 0 Å². The van der Waals surface area contributed by atoms with Gasteiger partial charge in [-0.2, -0.15) is 0 Å². The number of aliphatic hydroxyl groups is 1. The first-order valence-corrected chi connectivity index (χ1v) is 5.05. The van der Waals surface area contributed by atoms with Crippen molar-refractivity contribution in [3.05, 3.63) is 0 Å². The molecule has 6 N–H and O–H groups in total. The van der Waals surface area contributed by atoms with Crippen LogP contribution in [0.25, 0.3) is 0 Å². The third-order valence-corrected chi connectivity index (χ3v) is 2.76. The van der Waals surface area contributed by atoms with E-state index in [9.17, 15) is 5.11 Å². The van der Waals surface area contributed by atoms with Crippen molar-refractivity contribution in [3.8, 4) is 0 Å². The fraction of sp³-hybridized carbons (Fsp3) is 0.889. The summed E-state index contributed by atoms with van der Waals surface area (Å²) in [5, 5.41) is 10.2. The van der Waals surface area contributed by atoms with Crippen molar-refractivity contribution < 1.29 is 5.11 Å². The lowest BCUT2D eigenvalue weighted by molar-refractivity contribution is -0.00406. The molecule has 0 amide bonds. The Kier molecular flexibility index (Phi) is 3.71. The van der Waals surface area contributed by atoms with Gasteiger partial charge in [-0.1, -0.05) is 19.8 Å². The first-order chi connectivity index (χ1) is 6.56. The van der Waals surface area contributed by atoms with E-state index in [1.54, 1.807) is 0 Å². The van der Waals surface area contributed by atoms with Gasteiger partial charge in [0.15, 0.2) is 0 Å². The average Bonchev–Trinajstić information content (AvgIpc) is 2.14. The van der Waals surface area contributed by atoms with Gasteiger partial charge >= 0.3 is 0 Å². The van der Waals surface area contributed by atoms with Gasteiger partial charge in [-0.05, 0) is 18.8 Å². The highest BCUT2D eigenvalue weighted by Crippen LogP contribution is 2.32. The number of hydrazine groups is 1. The number of aliphatic imine (C=N–C) groups is 1. The van der Waals surface area contributed by atoms with Gasteiger partial charge in [-0.25, -0.2) is 10.8 Å². The second kappa shape index (κ2) is 4.61. The van der Waals surface area contributed by atoms with Crippen molar-refractivity contribution in [2.24, 2.45) is 22.5 Å². The minimum absolute atomic E-state index is 0.177. The number of guanidine groups is 1. The summed E-state index contributed by atoms with van der Waals surface area (Å²) in [4.78, 5) is 3.98. The molecule has 14 heavy (non-hydrogen) atoms. The van der Waals surface area contributed by atoms with Crippen LogP contribution < -0.4 is 17.0 Å². The van der Waals surface area contributed by atoms with E-state index >= 15 is 0 Å².